The van der Waals surface area contributed by atoms with Crippen LogP contribution in [0.15, 0.2) is 0 Å². The predicted octanol–water partition coefficient (Wildman–Crippen LogP) is -18.5. The van der Waals surface area contributed by atoms with E-state index in [1.807, 2.05) is 0 Å². The maximum atomic E-state index is 11.4. The predicted molar refractivity (Wildman–Crippen MR) is 264 cm³/mol. The third-order valence-electron chi connectivity index (χ3n) is 16.7. The summed E-state index contributed by atoms with van der Waals surface area (Å²) in [5.74, 6) is 0. The van der Waals surface area contributed by atoms with Crippen LogP contribution in [0.3, 0.4) is 0 Å². The minimum Gasteiger partial charge on any atom is -0.394 e. The van der Waals surface area contributed by atoms with Crippen LogP contribution >= 0.6 is 0 Å². The van der Waals surface area contributed by atoms with Crippen LogP contribution in [0.1, 0.15) is 0 Å². The van der Waals surface area contributed by atoms with E-state index in [-0.39, 0.29) is 0 Å². The summed E-state index contributed by atoms with van der Waals surface area (Å²) in [5.41, 5.74) is 0. The molecule has 40 atom stereocenters. The van der Waals surface area contributed by atoms with Gasteiger partial charge in [-0.1, -0.05) is 0 Å². The number of aliphatic hydroxyl groups is 26. The molecular formula is C48H82O41. The van der Waals surface area contributed by atoms with Crippen molar-refractivity contribution >= 4 is 0 Å². The Morgan fingerprint density at radius 1 is 0.169 bits per heavy atom. The van der Waals surface area contributed by atoms with E-state index in [0.29, 0.717) is 0 Å². The molecule has 8 rings (SSSR count). The summed E-state index contributed by atoms with van der Waals surface area (Å²) in [7, 11) is 0. The van der Waals surface area contributed by atoms with Gasteiger partial charge in [-0.3, -0.25) is 0 Å². The number of ether oxygens (including phenoxy) is 15. The fraction of sp³-hybridized carbons (Fsp3) is 1.00. The Bertz CT molecular complexity index is 2120. The van der Waals surface area contributed by atoms with Crippen molar-refractivity contribution in [1.82, 2.24) is 0 Å². The van der Waals surface area contributed by atoms with E-state index in [4.69, 9.17) is 71.1 Å². The largest absolute Gasteiger partial charge is 0.394 e. The van der Waals surface area contributed by atoms with Gasteiger partial charge in [-0.25, -0.2) is 0 Å². The van der Waals surface area contributed by atoms with Gasteiger partial charge in [0.2, 0.25) is 0 Å². The molecule has 8 saturated heterocycles. The Hall–Kier alpha value is -1.64. The van der Waals surface area contributed by atoms with Crippen LogP contribution in [0.25, 0.3) is 0 Å². The maximum Gasteiger partial charge on any atom is 0.187 e. The molecule has 8 heterocycles. The fourth-order valence-electron chi connectivity index (χ4n) is 11.5. The third kappa shape index (κ3) is 15.0. The van der Waals surface area contributed by atoms with Crippen molar-refractivity contribution in [3.63, 3.8) is 0 Å². The van der Waals surface area contributed by atoms with E-state index in [9.17, 15) is 133 Å². The second-order valence-corrected chi connectivity index (χ2v) is 22.4. The summed E-state index contributed by atoms with van der Waals surface area (Å²) >= 11 is 0. The molecular weight excluding hydrogens is 1230 g/mol. The number of hydrogen-bond donors (Lipinski definition) is 26. The molecule has 8 fully saturated rings. The summed E-state index contributed by atoms with van der Waals surface area (Å²) in [6.45, 7) is -8.07. The topological polar surface area (TPSA) is 664 Å². The molecule has 0 aromatic carbocycles. The van der Waals surface area contributed by atoms with E-state index < -0.39 is 299 Å². The van der Waals surface area contributed by atoms with Gasteiger partial charge in [-0.05, 0) is 0 Å². The highest BCUT2D eigenvalue weighted by Gasteiger charge is 2.59. The van der Waals surface area contributed by atoms with Crippen molar-refractivity contribution in [3.05, 3.63) is 0 Å². The molecule has 0 aliphatic carbocycles. The molecule has 8 aliphatic rings. The lowest BCUT2D eigenvalue weighted by Crippen LogP contribution is -2.68. The first-order valence-corrected chi connectivity index (χ1v) is 28.2. The summed E-state index contributed by atoms with van der Waals surface area (Å²) in [4.78, 5) is 0. The Morgan fingerprint density at radius 2 is 0.326 bits per heavy atom. The Labute approximate surface area is 501 Å². The van der Waals surface area contributed by atoms with Gasteiger partial charge in [0.05, 0.1) is 52.9 Å². The van der Waals surface area contributed by atoms with E-state index in [0.717, 1.165) is 0 Å². The zero-order chi connectivity index (χ0) is 65.4. The molecule has 0 radical (unpaired) electrons. The van der Waals surface area contributed by atoms with Crippen LogP contribution in [0.4, 0.5) is 0 Å². The van der Waals surface area contributed by atoms with Gasteiger partial charge in [0.25, 0.3) is 0 Å². The third-order valence-corrected chi connectivity index (χ3v) is 16.7. The van der Waals surface area contributed by atoms with E-state index >= 15 is 0 Å². The molecule has 0 aromatic rings. The Morgan fingerprint density at radius 3 is 0.517 bits per heavy atom. The molecule has 19 unspecified atom stereocenters. The minimum atomic E-state index is -2.26. The fourth-order valence-corrected chi connectivity index (χ4v) is 11.5. The zero-order valence-electron chi connectivity index (χ0n) is 46.5. The van der Waals surface area contributed by atoms with Crippen LogP contribution in [-0.4, -0.2) is 431 Å². The Kier molecular flexibility index (Phi) is 25.9. The lowest BCUT2D eigenvalue weighted by molar-refractivity contribution is -0.399. The minimum absolute atomic E-state index is 0.854. The number of hydrogen-bond acceptors (Lipinski definition) is 41. The summed E-state index contributed by atoms with van der Waals surface area (Å²) in [5, 5.41) is 277. The van der Waals surface area contributed by atoms with Crippen LogP contribution < -0.4 is 0 Å². The molecule has 0 aromatic heterocycles. The second-order valence-electron chi connectivity index (χ2n) is 22.4. The van der Waals surface area contributed by atoms with Crippen LogP contribution in [0, 0.1) is 0 Å². The highest BCUT2D eigenvalue weighted by atomic mass is 16.8. The van der Waals surface area contributed by atoms with Gasteiger partial charge < -0.3 is 204 Å². The van der Waals surface area contributed by atoms with Crippen molar-refractivity contribution in [2.45, 2.75) is 246 Å². The average Bonchev–Trinajstić information content (AvgIpc) is 1.18. The van der Waals surface area contributed by atoms with Crippen LogP contribution in [-0.2, 0) is 71.1 Å². The first-order valence-electron chi connectivity index (χ1n) is 28.2. The van der Waals surface area contributed by atoms with Crippen molar-refractivity contribution in [3.8, 4) is 0 Å². The lowest BCUT2D eigenvalue weighted by Gasteiger charge is -2.50. The van der Waals surface area contributed by atoms with Gasteiger partial charge in [-0.2, -0.15) is 0 Å². The summed E-state index contributed by atoms with van der Waals surface area (Å²) < 4.78 is 83.4. The van der Waals surface area contributed by atoms with Crippen molar-refractivity contribution in [2.75, 3.05) is 52.9 Å². The lowest BCUT2D eigenvalue weighted by atomic mass is 9.95. The van der Waals surface area contributed by atoms with Gasteiger partial charge >= 0.3 is 0 Å². The Balaban J connectivity index is 0.850. The highest BCUT2D eigenvalue weighted by Crippen LogP contribution is 2.39. The molecule has 520 valence electrons. The van der Waals surface area contributed by atoms with Crippen molar-refractivity contribution in [2.24, 2.45) is 0 Å². The number of rotatable bonds is 22. The smallest absolute Gasteiger partial charge is 0.187 e. The molecule has 89 heavy (non-hydrogen) atoms. The maximum absolute atomic E-state index is 11.4. The van der Waals surface area contributed by atoms with E-state index in [1.54, 1.807) is 0 Å². The van der Waals surface area contributed by atoms with Gasteiger partial charge in [0.1, 0.15) is 195 Å². The van der Waals surface area contributed by atoms with Gasteiger partial charge in [0, 0.05) is 0 Å². The highest BCUT2D eigenvalue weighted by molar-refractivity contribution is 5.02. The zero-order valence-corrected chi connectivity index (χ0v) is 46.5. The molecule has 0 bridgehead atoms. The quantitative estimate of drug-likeness (QED) is 0.0479. The van der Waals surface area contributed by atoms with E-state index in [1.165, 1.54) is 0 Å². The van der Waals surface area contributed by atoms with Crippen molar-refractivity contribution in [1.29, 1.82) is 0 Å². The first-order chi connectivity index (χ1) is 42.2. The molecule has 0 saturated carbocycles. The normalized spacial score (nSPS) is 53.6. The molecule has 0 amide bonds. The van der Waals surface area contributed by atoms with Crippen LogP contribution in [0.2, 0.25) is 0 Å². The van der Waals surface area contributed by atoms with Gasteiger partial charge in [-0.15, -0.1) is 0 Å². The van der Waals surface area contributed by atoms with Crippen LogP contribution in [0.5, 0.6) is 0 Å². The number of aliphatic hydroxyl groups excluding tert-OH is 26. The molecule has 41 nitrogen and oxygen atoms in total. The summed E-state index contributed by atoms with van der Waals surface area (Å²) in [6, 6.07) is 0. The SMILES string of the molecule is OCC1OC(O)C(O)C(O)C1O[C@@H]1OC(CO)[C@H](O[C@@H]2OC(CO)[C@H](O[C@@H]3OC(CO)[C@H](O[C@@H]4OC(CO)[C@H](O[C@@H]5OC(CO)[C@H](O[C@@H]6OC(CO)[C@H](O[C@@H]7OC(CO)[C@H](O)[C@@H](O)C7O)[C@@H](O)C6O)[C@@H](O)C5O)[C@@H](O)C4O)[C@@H](O)C3O)[C@@H](O)C2O)[C@@H](O)C1O. The van der Waals surface area contributed by atoms with Crippen molar-refractivity contribution < 1.29 is 204 Å². The molecule has 41 heteroatoms. The first kappa shape index (κ1) is 73.2. The standard InChI is InChI=1S/C48H82O41/c49-1-9-17(57)18(58)27(67)42(76-9)84-35-11(3-51)78-44(29(69)20(35)60)86-37-13(5-53)80-46(31(71)22(37)62)88-39-15(7-55)82-48(33(73)24(39)64)89-40-16(8-56)81-47(32(72)25(40)65)87-38-14(6-54)79-45(30(70)23(38)63)85-36-12(4-52)77-43(28(68)21(36)61)83-34-10(2-50)75-41(74)26(66)19(34)59/h9-74H,1-8H2/t9?,10?,11?,12?,13?,14?,15?,16?,17-,18+,19?,20-,21-,22-,23-,24-,25-,26?,27?,28?,29?,30?,31?,32?,33?,34?,35-,36-,37-,38-,39-,40-,41?,42-,43-,44-,45-,46-,47-,48-/m0/s1. The second kappa shape index (κ2) is 31.5. The molecule has 0 spiro atoms. The summed E-state index contributed by atoms with van der Waals surface area (Å²) in [6.07, 6.45) is -78.4. The average molecular weight is 1320 g/mol. The van der Waals surface area contributed by atoms with Gasteiger partial charge in [0.15, 0.2) is 50.3 Å². The molecule has 8 aliphatic heterocycles. The monoisotopic (exact) mass is 1310 g/mol. The molecule has 26 N–H and O–H groups in total. The van der Waals surface area contributed by atoms with E-state index in [2.05, 4.69) is 0 Å².